The Balaban J connectivity index is 2.62. The highest BCUT2D eigenvalue weighted by atomic mass is 16.5. The Morgan fingerprint density at radius 1 is 1.47 bits per heavy atom. The minimum atomic E-state index is -0.703. The first kappa shape index (κ1) is 12.5. The number of hydrogen-bond acceptors (Lipinski definition) is 3. The van der Waals surface area contributed by atoms with E-state index in [1.165, 1.54) is 0 Å². The Morgan fingerprint density at radius 3 is 2.47 bits per heavy atom. The Bertz CT molecular complexity index is 202. The number of rotatable bonds is 5. The van der Waals surface area contributed by atoms with E-state index in [0.29, 0.717) is 12.5 Å². The summed E-state index contributed by atoms with van der Waals surface area (Å²) in [6.07, 6.45) is 2.58. The minimum Gasteiger partial charge on any atom is -0.480 e. The van der Waals surface area contributed by atoms with Gasteiger partial charge in [-0.1, -0.05) is 13.8 Å². The lowest BCUT2D eigenvalue weighted by Gasteiger charge is -2.36. The summed E-state index contributed by atoms with van der Waals surface area (Å²) in [6.45, 7) is 6.28. The van der Waals surface area contributed by atoms with Gasteiger partial charge in [-0.05, 0) is 25.8 Å². The van der Waals surface area contributed by atoms with Crippen molar-refractivity contribution < 1.29 is 14.6 Å². The highest BCUT2D eigenvalue weighted by molar-refractivity contribution is 5.73. The predicted molar refractivity (Wildman–Crippen MR) is 57.9 cm³/mol. The summed E-state index contributed by atoms with van der Waals surface area (Å²) >= 11 is 0. The van der Waals surface area contributed by atoms with Gasteiger partial charge < -0.3 is 9.84 Å². The Morgan fingerprint density at radius 2 is 2.07 bits per heavy atom. The zero-order valence-corrected chi connectivity index (χ0v) is 9.61. The van der Waals surface area contributed by atoms with Crippen molar-refractivity contribution in [2.24, 2.45) is 0 Å². The van der Waals surface area contributed by atoms with Gasteiger partial charge in [-0.3, -0.25) is 9.69 Å². The lowest BCUT2D eigenvalue weighted by atomic mass is 10.0. The van der Waals surface area contributed by atoms with E-state index in [-0.39, 0.29) is 6.04 Å². The predicted octanol–water partition coefficient (Wildman–Crippen LogP) is 1.35. The van der Waals surface area contributed by atoms with Crippen LogP contribution in [-0.2, 0) is 9.53 Å². The second-order valence-electron chi connectivity index (χ2n) is 3.94. The summed E-state index contributed by atoms with van der Waals surface area (Å²) in [5.74, 6) is -0.703. The third-order valence-corrected chi connectivity index (χ3v) is 3.10. The highest BCUT2D eigenvalue weighted by Gasteiger charge is 2.29. The third kappa shape index (κ3) is 3.18. The third-order valence-electron chi connectivity index (χ3n) is 3.10. The second-order valence-corrected chi connectivity index (χ2v) is 3.94. The molecule has 1 heterocycles. The molecule has 1 N–H and O–H groups in total. The van der Waals surface area contributed by atoms with Gasteiger partial charge in [0, 0.05) is 19.3 Å². The van der Waals surface area contributed by atoms with E-state index >= 15 is 0 Å². The van der Waals surface area contributed by atoms with E-state index in [2.05, 4.69) is 4.90 Å². The summed E-state index contributed by atoms with van der Waals surface area (Å²) < 4.78 is 5.29. The van der Waals surface area contributed by atoms with Crippen molar-refractivity contribution in [3.8, 4) is 0 Å². The molecule has 0 radical (unpaired) electrons. The molecule has 0 saturated carbocycles. The van der Waals surface area contributed by atoms with E-state index in [4.69, 9.17) is 9.84 Å². The molecule has 1 rings (SSSR count). The largest absolute Gasteiger partial charge is 0.480 e. The number of nitrogens with zero attached hydrogens (tertiary/aromatic N) is 1. The first-order valence-corrected chi connectivity index (χ1v) is 5.77. The number of hydrogen-bond donors (Lipinski definition) is 1. The summed E-state index contributed by atoms with van der Waals surface area (Å²) in [5.41, 5.74) is 0. The average molecular weight is 215 g/mol. The summed E-state index contributed by atoms with van der Waals surface area (Å²) in [5, 5.41) is 9.13. The van der Waals surface area contributed by atoms with Crippen LogP contribution in [0.5, 0.6) is 0 Å². The van der Waals surface area contributed by atoms with Gasteiger partial charge in [0.2, 0.25) is 0 Å². The number of carboxylic acids is 1. The van der Waals surface area contributed by atoms with Gasteiger partial charge in [0.25, 0.3) is 0 Å². The fourth-order valence-corrected chi connectivity index (χ4v) is 2.30. The molecule has 15 heavy (non-hydrogen) atoms. The van der Waals surface area contributed by atoms with E-state index in [9.17, 15) is 4.79 Å². The number of aliphatic carboxylic acids is 1. The van der Waals surface area contributed by atoms with Crippen LogP contribution in [0.25, 0.3) is 0 Å². The van der Waals surface area contributed by atoms with E-state index in [1.54, 1.807) is 0 Å². The molecule has 0 spiro atoms. The quantitative estimate of drug-likeness (QED) is 0.752. The van der Waals surface area contributed by atoms with Crippen molar-refractivity contribution in [1.29, 1.82) is 0 Å². The molecule has 1 fully saturated rings. The molecule has 1 saturated heterocycles. The lowest BCUT2D eigenvalue weighted by molar-refractivity contribution is -0.145. The molecule has 0 aromatic rings. The molecule has 1 unspecified atom stereocenters. The van der Waals surface area contributed by atoms with Crippen molar-refractivity contribution in [1.82, 2.24) is 4.90 Å². The molecular formula is C11H21NO3. The molecule has 4 nitrogen and oxygen atoms in total. The van der Waals surface area contributed by atoms with Crippen molar-refractivity contribution in [3.05, 3.63) is 0 Å². The molecule has 0 aromatic heterocycles. The summed E-state index contributed by atoms with van der Waals surface area (Å²) in [6, 6.07) is 0.0444. The molecule has 1 aliphatic heterocycles. The standard InChI is InChI=1S/C11H21NO3/c1-3-10(11(13)14)12(4-2)9-5-7-15-8-6-9/h9-10H,3-8H2,1-2H3,(H,13,14). The van der Waals surface area contributed by atoms with Gasteiger partial charge in [0.05, 0.1) is 0 Å². The van der Waals surface area contributed by atoms with Crippen LogP contribution in [0.2, 0.25) is 0 Å². The van der Waals surface area contributed by atoms with Gasteiger partial charge in [-0.25, -0.2) is 0 Å². The maximum absolute atomic E-state index is 11.1. The molecule has 1 atom stereocenters. The summed E-state index contributed by atoms with van der Waals surface area (Å²) in [7, 11) is 0. The first-order chi connectivity index (χ1) is 7.20. The Kier molecular flexibility index (Phi) is 5.05. The molecule has 0 aromatic carbocycles. The molecular weight excluding hydrogens is 194 g/mol. The number of carbonyl (C=O) groups is 1. The minimum absolute atomic E-state index is 0.335. The zero-order chi connectivity index (χ0) is 11.3. The molecule has 0 amide bonds. The fourth-order valence-electron chi connectivity index (χ4n) is 2.30. The summed E-state index contributed by atoms with van der Waals surface area (Å²) in [4.78, 5) is 13.2. The van der Waals surface area contributed by atoms with Gasteiger partial charge in [0.1, 0.15) is 6.04 Å². The normalized spacial score (nSPS) is 20.5. The van der Waals surface area contributed by atoms with Gasteiger partial charge in [-0.15, -0.1) is 0 Å². The van der Waals surface area contributed by atoms with Crippen LogP contribution < -0.4 is 0 Å². The molecule has 4 heteroatoms. The van der Waals surface area contributed by atoms with Crippen molar-refractivity contribution in [2.75, 3.05) is 19.8 Å². The van der Waals surface area contributed by atoms with E-state index in [1.807, 2.05) is 13.8 Å². The van der Waals surface area contributed by atoms with E-state index in [0.717, 1.165) is 32.6 Å². The van der Waals surface area contributed by atoms with Crippen molar-refractivity contribution in [2.45, 2.75) is 45.2 Å². The Labute approximate surface area is 91.2 Å². The van der Waals surface area contributed by atoms with Crippen LogP contribution in [-0.4, -0.2) is 47.8 Å². The molecule has 88 valence electrons. The van der Waals surface area contributed by atoms with Gasteiger partial charge >= 0.3 is 5.97 Å². The zero-order valence-electron chi connectivity index (χ0n) is 9.61. The van der Waals surface area contributed by atoms with Crippen LogP contribution in [0.3, 0.4) is 0 Å². The molecule has 1 aliphatic rings. The van der Waals surface area contributed by atoms with Crippen molar-refractivity contribution >= 4 is 5.97 Å². The van der Waals surface area contributed by atoms with Crippen LogP contribution >= 0.6 is 0 Å². The lowest BCUT2D eigenvalue weighted by Crippen LogP contribution is -2.48. The smallest absolute Gasteiger partial charge is 0.320 e. The monoisotopic (exact) mass is 215 g/mol. The number of ether oxygens (including phenoxy) is 1. The van der Waals surface area contributed by atoms with Gasteiger partial charge in [0.15, 0.2) is 0 Å². The fraction of sp³-hybridized carbons (Fsp3) is 0.909. The van der Waals surface area contributed by atoms with Crippen LogP contribution in [0.15, 0.2) is 0 Å². The van der Waals surface area contributed by atoms with E-state index < -0.39 is 5.97 Å². The SMILES string of the molecule is CCC(C(=O)O)N(CC)C1CCOCC1. The first-order valence-electron chi connectivity index (χ1n) is 5.77. The average Bonchev–Trinajstić information content (AvgIpc) is 2.26. The van der Waals surface area contributed by atoms with Crippen molar-refractivity contribution in [3.63, 3.8) is 0 Å². The second kappa shape index (κ2) is 6.08. The van der Waals surface area contributed by atoms with Crippen LogP contribution in [0.1, 0.15) is 33.1 Å². The maximum atomic E-state index is 11.1. The Hall–Kier alpha value is -0.610. The maximum Gasteiger partial charge on any atom is 0.320 e. The number of likely N-dealkylation sites (N-methyl/N-ethyl adjacent to an activating group) is 1. The van der Waals surface area contributed by atoms with Crippen LogP contribution in [0, 0.1) is 0 Å². The number of carboxylic acid groups (broad SMARTS) is 1. The topological polar surface area (TPSA) is 49.8 Å². The van der Waals surface area contributed by atoms with Crippen LogP contribution in [0.4, 0.5) is 0 Å². The molecule has 0 bridgehead atoms. The molecule has 0 aliphatic carbocycles. The van der Waals surface area contributed by atoms with Gasteiger partial charge in [-0.2, -0.15) is 0 Å². The highest BCUT2D eigenvalue weighted by Crippen LogP contribution is 2.18.